The van der Waals surface area contributed by atoms with Crippen molar-refractivity contribution < 1.29 is 19.1 Å². The standard InChI is InChI=1S/C18H17NO4/c20-17(22-11-13-7-3-1-4-8-13)15-16(19-15)18(21)23-12-14-9-5-2-6-10-14/h1-10,15-16,19H,11-12H2/t15-,16-/m0/s1. The first-order valence-corrected chi connectivity index (χ1v) is 7.41. The zero-order valence-electron chi connectivity index (χ0n) is 12.5. The van der Waals surface area contributed by atoms with E-state index in [-0.39, 0.29) is 13.2 Å². The molecule has 1 aliphatic heterocycles. The number of nitrogens with one attached hydrogen (secondary N) is 1. The van der Waals surface area contributed by atoms with Crippen LogP contribution in [0.15, 0.2) is 60.7 Å². The fourth-order valence-electron chi connectivity index (χ4n) is 2.18. The van der Waals surface area contributed by atoms with Gasteiger partial charge in [-0.2, -0.15) is 0 Å². The molecule has 23 heavy (non-hydrogen) atoms. The van der Waals surface area contributed by atoms with Crippen LogP contribution in [0.5, 0.6) is 0 Å². The van der Waals surface area contributed by atoms with Gasteiger partial charge in [0.25, 0.3) is 0 Å². The molecule has 1 heterocycles. The quantitative estimate of drug-likeness (QED) is 0.650. The molecule has 5 heteroatoms. The highest BCUT2D eigenvalue weighted by Crippen LogP contribution is 2.16. The highest BCUT2D eigenvalue weighted by atomic mass is 16.5. The summed E-state index contributed by atoms with van der Waals surface area (Å²) in [6.45, 7) is 0.396. The molecule has 0 radical (unpaired) electrons. The van der Waals surface area contributed by atoms with E-state index in [9.17, 15) is 9.59 Å². The minimum absolute atomic E-state index is 0.198. The number of carbonyl (C=O) groups excluding carboxylic acids is 2. The van der Waals surface area contributed by atoms with E-state index in [4.69, 9.17) is 9.47 Å². The highest BCUT2D eigenvalue weighted by molar-refractivity contribution is 5.92. The Bertz CT molecular complexity index is 612. The smallest absolute Gasteiger partial charge is 0.325 e. The Morgan fingerprint density at radius 1 is 0.739 bits per heavy atom. The average Bonchev–Trinajstić information content (AvgIpc) is 3.40. The molecule has 0 saturated carbocycles. The van der Waals surface area contributed by atoms with Crippen LogP contribution in [-0.4, -0.2) is 24.0 Å². The lowest BCUT2D eigenvalue weighted by atomic mass is 10.2. The van der Waals surface area contributed by atoms with Gasteiger partial charge in [-0.1, -0.05) is 60.7 Å². The molecule has 118 valence electrons. The van der Waals surface area contributed by atoms with E-state index in [2.05, 4.69) is 5.32 Å². The largest absolute Gasteiger partial charge is 0.460 e. The van der Waals surface area contributed by atoms with Crippen molar-refractivity contribution in [3.63, 3.8) is 0 Å². The van der Waals surface area contributed by atoms with Crippen LogP contribution in [0.1, 0.15) is 11.1 Å². The van der Waals surface area contributed by atoms with Crippen LogP contribution in [0.25, 0.3) is 0 Å². The number of esters is 2. The monoisotopic (exact) mass is 311 g/mol. The fraction of sp³-hybridized carbons (Fsp3) is 0.222. The van der Waals surface area contributed by atoms with Gasteiger partial charge in [-0.3, -0.25) is 14.9 Å². The Kier molecular flexibility index (Phi) is 4.68. The van der Waals surface area contributed by atoms with Gasteiger partial charge in [0.2, 0.25) is 0 Å². The third-order valence-electron chi connectivity index (χ3n) is 3.54. The van der Waals surface area contributed by atoms with Crippen LogP contribution in [0, 0.1) is 0 Å². The molecular formula is C18H17NO4. The van der Waals surface area contributed by atoms with Crippen LogP contribution < -0.4 is 5.32 Å². The molecule has 0 aromatic heterocycles. The maximum Gasteiger partial charge on any atom is 0.325 e. The summed E-state index contributed by atoms with van der Waals surface area (Å²) in [4.78, 5) is 23.8. The lowest BCUT2D eigenvalue weighted by Crippen LogP contribution is -2.20. The van der Waals surface area contributed by atoms with Gasteiger partial charge in [0, 0.05) is 0 Å². The van der Waals surface area contributed by atoms with Gasteiger partial charge in [0.15, 0.2) is 0 Å². The molecule has 3 rings (SSSR count). The number of hydrogen-bond donors (Lipinski definition) is 1. The van der Waals surface area contributed by atoms with Crippen LogP contribution in [-0.2, 0) is 32.3 Å². The summed E-state index contributed by atoms with van der Waals surface area (Å²) < 4.78 is 10.4. The van der Waals surface area contributed by atoms with E-state index in [1.165, 1.54) is 0 Å². The van der Waals surface area contributed by atoms with Crippen LogP contribution >= 0.6 is 0 Å². The molecule has 0 bridgehead atoms. The molecule has 1 saturated heterocycles. The topological polar surface area (TPSA) is 74.5 Å². The summed E-state index contributed by atoms with van der Waals surface area (Å²) in [6.07, 6.45) is 0. The average molecular weight is 311 g/mol. The highest BCUT2D eigenvalue weighted by Gasteiger charge is 2.50. The summed E-state index contributed by atoms with van der Waals surface area (Å²) in [5.74, 6) is -0.869. The van der Waals surface area contributed by atoms with Gasteiger partial charge in [-0.25, -0.2) is 0 Å². The minimum Gasteiger partial charge on any atom is -0.460 e. The predicted molar refractivity (Wildman–Crippen MR) is 83.2 cm³/mol. The van der Waals surface area contributed by atoms with Gasteiger partial charge in [-0.05, 0) is 11.1 Å². The van der Waals surface area contributed by atoms with Crippen molar-refractivity contribution in [1.82, 2.24) is 5.32 Å². The summed E-state index contributed by atoms with van der Waals surface area (Å²) in [5, 5.41) is 2.79. The van der Waals surface area contributed by atoms with Crippen LogP contribution in [0.4, 0.5) is 0 Å². The summed E-state index contributed by atoms with van der Waals surface area (Å²) >= 11 is 0. The summed E-state index contributed by atoms with van der Waals surface area (Å²) in [6, 6.07) is 17.6. The van der Waals surface area contributed by atoms with E-state index >= 15 is 0 Å². The number of ether oxygens (including phenoxy) is 2. The van der Waals surface area contributed by atoms with Crippen molar-refractivity contribution in [2.75, 3.05) is 0 Å². The summed E-state index contributed by atoms with van der Waals surface area (Å²) in [5.41, 5.74) is 1.81. The van der Waals surface area contributed by atoms with E-state index in [1.807, 2.05) is 60.7 Å². The van der Waals surface area contributed by atoms with Crippen molar-refractivity contribution >= 4 is 11.9 Å². The predicted octanol–water partition coefficient (Wildman–Crippen LogP) is 1.81. The fourth-order valence-corrected chi connectivity index (χ4v) is 2.18. The lowest BCUT2D eigenvalue weighted by Gasteiger charge is -2.04. The number of benzene rings is 2. The zero-order valence-corrected chi connectivity index (χ0v) is 12.5. The molecule has 0 aliphatic carbocycles. The molecule has 2 atom stereocenters. The Morgan fingerprint density at radius 2 is 1.13 bits per heavy atom. The van der Waals surface area contributed by atoms with Gasteiger partial charge in [0.1, 0.15) is 25.3 Å². The van der Waals surface area contributed by atoms with E-state index in [1.54, 1.807) is 0 Å². The Balaban J connectivity index is 1.41. The molecule has 1 fully saturated rings. The molecule has 2 aromatic carbocycles. The Morgan fingerprint density at radius 3 is 1.52 bits per heavy atom. The molecular weight excluding hydrogens is 294 g/mol. The third-order valence-corrected chi connectivity index (χ3v) is 3.54. The number of rotatable bonds is 6. The maximum absolute atomic E-state index is 11.9. The molecule has 0 unspecified atom stereocenters. The third kappa shape index (κ3) is 4.17. The molecule has 1 aliphatic rings. The Labute approximate surface area is 134 Å². The molecule has 1 N–H and O–H groups in total. The number of carbonyl (C=O) groups is 2. The lowest BCUT2D eigenvalue weighted by molar-refractivity contribution is -0.148. The summed E-state index contributed by atoms with van der Waals surface area (Å²) in [7, 11) is 0. The normalized spacial score (nSPS) is 19.0. The molecule has 0 spiro atoms. The second kappa shape index (κ2) is 7.07. The van der Waals surface area contributed by atoms with E-state index in [0.29, 0.717) is 0 Å². The first kappa shape index (κ1) is 15.2. The van der Waals surface area contributed by atoms with Crippen LogP contribution in [0.3, 0.4) is 0 Å². The molecule has 5 nitrogen and oxygen atoms in total. The van der Waals surface area contributed by atoms with E-state index in [0.717, 1.165) is 11.1 Å². The second-order valence-electron chi connectivity index (χ2n) is 5.31. The van der Waals surface area contributed by atoms with Crippen LogP contribution in [0.2, 0.25) is 0 Å². The van der Waals surface area contributed by atoms with Gasteiger partial charge in [-0.15, -0.1) is 0 Å². The van der Waals surface area contributed by atoms with Crippen molar-refractivity contribution in [2.45, 2.75) is 25.3 Å². The minimum atomic E-state index is -0.609. The van der Waals surface area contributed by atoms with Gasteiger partial charge >= 0.3 is 11.9 Å². The van der Waals surface area contributed by atoms with E-state index < -0.39 is 24.0 Å². The molecule has 2 aromatic rings. The second-order valence-corrected chi connectivity index (χ2v) is 5.31. The van der Waals surface area contributed by atoms with Crippen molar-refractivity contribution in [2.24, 2.45) is 0 Å². The number of hydrogen-bond acceptors (Lipinski definition) is 5. The van der Waals surface area contributed by atoms with Crippen molar-refractivity contribution in [1.29, 1.82) is 0 Å². The molecule has 0 amide bonds. The van der Waals surface area contributed by atoms with Gasteiger partial charge in [0.05, 0.1) is 0 Å². The first-order valence-electron chi connectivity index (χ1n) is 7.41. The van der Waals surface area contributed by atoms with Crippen molar-refractivity contribution in [3.8, 4) is 0 Å². The SMILES string of the molecule is O=C(OCc1ccccc1)[C@H]1N[C@@H]1C(=O)OCc1ccccc1. The Hall–Kier alpha value is -2.66. The maximum atomic E-state index is 11.9. The van der Waals surface area contributed by atoms with Gasteiger partial charge < -0.3 is 9.47 Å². The zero-order chi connectivity index (χ0) is 16.1. The first-order chi connectivity index (χ1) is 11.2. The van der Waals surface area contributed by atoms with Crippen molar-refractivity contribution in [3.05, 3.63) is 71.8 Å².